The number of rotatable bonds is 9. The third kappa shape index (κ3) is 6.41. The van der Waals surface area contributed by atoms with Crippen molar-refractivity contribution in [1.29, 1.82) is 0 Å². The molecule has 0 aromatic heterocycles. The Morgan fingerprint density at radius 2 is 1.60 bits per heavy atom. The van der Waals surface area contributed by atoms with Gasteiger partial charge in [0.05, 0.1) is 11.4 Å². The fraction of sp³-hybridized carbons (Fsp3) is 0.458. The zero-order valence-corrected chi connectivity index (χ0v) is 19.6. The Morgan fingerprint density at radius 3 is 2.13 bits per heavy atom. The standard InChI is InChI=1S/C24H34N2O3S/c1-7-17(4)19-9-11-20(12-10-19)24(16(2)3)25-15-23(27)26-22-14-21(30(6,28)29)13-8-18(22)5/h8-14,16-17,24-25H,7,15H2,1-6H3,(H,26,27). The molecule has 0 heterocycles. The van der Waals surface area contributed by atoms with Crippen LogP contribution >= 0.6 is 0 Å². The summed E-state index contributed by atoms with van der Waals surface area (Å²) < 4.78 is 23.6. The van der Waals surface area contributed by atoms with Gasteiger partial charge in [-0.05, 0) is 54.0 Å². The molecule has 1 amide bonds. The summed E-state index contributed by atoms with van der Waals surface area (Å²) in [6.45, 7) is 10.6. The van der Waals surface area contributed by atoms with Crippen LogP contribution in [0.5, 0.6) is 0 Å². The van der Waals surface area contributed by atoms with Gasteiger partial charge >= 0.3 is 0 Å². The molecule has 2 atom stereocenters. The van der Waals surface area contributed by atoms with E-state index in [2.05, 4.69) is 62.6 Å². The van der Waals surface area contributed by atoms with Gasteiger partial charge in [-0.1, -0.05) is 58.0 Å². The van der Waals surface area contributed by atoms with Crippen LogP contribution in [0.25, 0.3) is 0 Å². The molecule has 0 aliphatic carbocycles. The van der Waals surface area contributed by atoms with Gasteiger partial charge in [0.2, 0.25) is 5.91 Å². The number of hydrogen-bond acceptors (Lipinski definition) is 4. The summed E-state index contributed by atoms with van der Waals surface area (Å²) in [6.07, 6.45) is 2.26. The van der Waals surface area contributed by atoms with Crippen molar-refractivity contribution in [2.24, 2.45) is 5.92 Å². The van der Waals surface area contributed by atoms with E-state index in [1.165, 1.54) is 11.6 Å². The maximum Gasteiger partial charge on any atom is 0.238 e. The van der Waals surface area contributed by atoms with Gasteiger partial charge in [-0.3, -0.25) is 4.79 Å². The quantitative estimate of drug-likeness (QED) is 0.597. The smallest absolute Gasteiger partial charge is 0.238 e. The molecule has 2 unspecified atom stereocenters. The normalized spacial score (nSPS) is 13.8. The van der Waals surface area contributed by atoms with Crippen LogP contribution in [-0.2, 0) is 14.6 Å². The first-order valence-electron chi connectivity index (χ1n) is 10.5. The van der Waals surface area contributed by atoms with E-state index in [-0.39, 0.29) is 23.4 Å². The molecule has 2 aromatic rings. The molecule has 2 aromatic carbocycles. The van der Waals surface area contributed by atoms with E-state index in [9.17, 15) is 13.2 Å². The minimum absolute atomic E-state index is 0.0465. The van der Waals surface area contributed by atoms with Crippen molar-refractivity contribution < 1.29 is 13.2 Å². The Morgan fingerprint density at radius 1 is 1.00 bits per heavy atom. The topological polar surface area (TPSA) is 75.3 Å². The molecular formula is C24H34N2O3S. The summed E-state index contributed by atoms with van der Waals surface area (Å²) in [7, 11) is -3.33. The lowest BCUT2D eigenvalue weighted by molar-refractivity contribution is -0.115. The average Bonchev–Trinajstić information content (AvgIpc) is 2.68. The molecular weight excluding hydrogens is 396 g/mol. The zero-order valence-electron chi connectivity index (χ0n) is 18.8. The number of amides is 1. The highest BCUT2D eigenvalue weighted by molar-refractivity contribution is 7.90. The van der Waals surface area contributed by atoms with E-state index < -0.39 is 9.84 Å². The van der Waals surface area contributed by atoms with Crippen LogP contribution in [-0.4, -0.2) is 27.1 Å². The molecule has 0 radical (unpaired) electrons. The fourth-order valence-corrected chi connectivity index (χ4v) is 4.02. The van der Waals surface area contributed by atoms with Crippen molar-refractivity contribution >= 4 is 21.4 Å². The molecule has 2 rings (SSSR count). The molecule has 0 spiro atoms. The molecule has 0 saturated carbocycles. The Labute approximate surface area is 181 Å². The minimum Gasteiger partial charge on any atom is -0.325 e. The Hall–Kier alpha value is -2.18. The molecule has 2 N–H and O–H groups in total. The van der Waals surface area contributed by atoms with Gasteiger partial charge in [-0.15, -0.1) is 0 Å². The summed E-state index contributed by atoms with van der Waals surface area (Å²) in [5.41, 5.74) is 3.81. The number of nitrogens with one attached hydrogen (secondary N) is 2. The van der Waals surface area contributed by atoms with Crippen molar-refractivity contribution in [2.75, 3.05) is 18.1 Å². The van der Waals surface area contributed by atoms with E-state index in [0.29, 0.717) is 17.5 Å². The molecule has 30 heavy (non-hydrogen) atoms. The molecule has 164 valence electrons. The van der Waals surface area contributed by atoms with E-state index in [4.69, 9.17) is 0 Å². The van der Waals surface area contributed by atoms with Gasteiger partial charge in [0.1, 0.15) is 0 Å². The number of hydrogen-bond donors (Lipinski definition) is 2. The molecule has 0 aliphatic heterocycles. The lowest BCUT2D eigenvalue weighted by Gasteiger charge is -2.23. The molecule has 0 fully saturated rings. The van der Waals surface area contributed by atoms with Gasteiger partial charge in [0.15, 0.2) is 9.84 Å². The van der Waals surface area contributed by atoms with Gasteiger partial charge < -0.3 is 10.6 Å². The van der Waals surface area contributed by atoms with Crippen molar-refractivity contribution in [3.05, 3.63) is 59.2 Å². The largest absolute Gasteiger partial charge is 0.325 e. The zero-order chi connectivity index (χ0) is 22.5. The van der Waals surface area contributed by atoms with Gasteiger partial charge in [-0.25, -0.2) is 8.42 Å². The molecule has 0 bridgehead atoms. The van der Waals surface area contributed by atoms with Crippen LogP contribution < -0.4 is 10.6 Å². The fourth-order valence-electron chi connectivity index (χ4n) is 3.37. The summed E-state index contributed by atoms with van der Waals surface area (Å²) in [5.74, 6) is 0.634. The third-order valence-corrected chi connectivity index (χ3v) is 6.65. The molecule has 5 nitrogen and oxygen atoms in total. The Balaban J connectivity index is 2.07. The molecule has 0 aliphatic rings. The van der Waals surface area contributed by atoms with Crippen LogP contribution in [0.2, 0.25) is 0 Å². The van der Waals surface area contributed by atoms with Gasteiger partial charge in [-0.2, -0.15) is 0 Å². The van der Waals surface area contributed by atoms with Crippen molar-refractivity contribution in [2.45, 2.75) is 57.9 Å². The number of benzene rings is 2. The van der Waals surface area contributed by atoms with E-state index in [0.717, 1.165) is 23.8 Å². The first kappa shape index (κ1) is 24.1. The molecule has 6 heteroatoms. The number of anilines is 1. The molecule has 0 saturated heterocycles. The number of sulfone groups is 1. The highest BCUT2D eigenvalue weighted by Crippen LogP contribution is 2.25. The highest BCUT2D eigenvalue weighted by Gasteiger charge is 2.18. The van der Waals surface area contributed by atoms with E-state index in [1.807, 2.05) is 6.92 Å². The van der Waals surface area contributed by atoms with Gasteiger partial charge in [0, 0.05) is 18.0 Å². The first-order valence-corrected chi connectivity index (χ1v) is 12.4. The van der Waals surface area contributed by atoms with E-state index in [1.54, 1.807) is 12.1 Å². The van der Waals surface area contributed by atoms with E-state index >= 15 is 0 Å². The second kappa shape index (κ2) is 10.2. The highest BCUT2D eigenvalue weighted by atomic mass is 32.2. The van der Waals surface area contributed by atoms with Crippen molar-refractivity contribution in [3.63, 3.8) is 0 Å². The number of carbonyl (C=O) groups is 1. The van der Waals surface area contributed by atoms with Crippen molar-refractivity contribution in [3.8, 4) is 0 Å². The average molecular weight is 431 g/mol. The number of carbonyl (C=O) groups excluding carboxylic acids is 1. The van der Waals surface area contributed by atoms with Gasteiger partial charge in [0.25, 0.3) is 0 Å². The predicted molar refractivity (Wildman–Crippen MR) is 124 cm³/mol. The van der Waals surface area contributed by atoms with Crippen LogP contribution in [0.1, 0.15) is 62.8 Å². The maximum atomic E-state index is 12.5. The monoisotopic (exact) mass is 430 g/mol. The second-order valence-corrected chi connectivity index (χ2v) is 10.4. The lowest BCUT2D eigenvalue weighted by Crippen LogP contribution is -2.33. The van der Waals surface area contributed by atoms with Crippen LogP contribution in [0.15, 0.2) is 47.4 Å². The maximum absolute atomic E-state index is 12.5. The summed E-state index contributed by atoms with van der Waals surface area (Å²) in [4.78, 5) is 12.7. The minimum atomic E-state index is -3.33. The lowest BCUT2D eigenvalue weighted by atomic mass is 9.92. The van der Waals surface area contributed by atoms with Crippen LogP contribution in [0.4, 0.5) is 5.69 Å². The predicted octanol–water partition coefficient (Wildman–Crippen LogP) is 4.84. The second-order valence-electron chi connectivity index (χ2n) is 8.38. The van der Waals surface area contributed by atoms with Crippen LogP contribution in [0, 0.1) is 12.8 Å². The summed E-state index contributed by atoms with van der Waals surface area (Å²) in [5, 5.41) is 6.19. The first-order chi connectivity index (χ1) is 14.0. The summed E-state index contributed by atoms with van der Waals surface area (Å²) >= 11 is 0. The summed E-state index contributed by atoms with van der Waals surface area (Å²) in [6, 6.07) is 13.4. The van der Waals surface area contributed by atoms with Crippen LogP contribution in [0.3, 0.4) is 0 Å². The Bertz CT molecular complexity index is 966. The Kier molecular flexibility index (Phi) is 8.21. The third-order valence-electron chi connectivity index (χ3n) is 5.54. The number of aryl methyl sites for hydroxylation is 1. The SMILES string of the molecule is CCC(C)c1ccc(C(NCC(=O)Nc2cc(S(C)(=O)=O)ccc2C)C(C)C)cc1. The van der Waals surface area contributed by atoms with Crippen molar-refractivity contribution in [1.82, 2.24) is 5.32 Å².